The van der Waals surface area contributed by atoms with Crippen LogP contribution in [-0.4, -0.2) is 21.2 Å². The molecule has 3 heterocycles. The van der Waals surface area contributed by atoms with Gasteiger partial charge in [-0.05, 0) is 24.3 Å². The van der Waals surface area contributed by atoms with Crippen molar-refractivity contribution in [1.29, 1.82) is 0 Å². The number of amides is 2. The Balaban J connectivity index is 1.87. The fourth-order valence-corrected chi connectivity index (χ4v) is 2.79. The molecule has 0 bridgehead atoms. The maximum atomic E-state index is 12.2. The summed E-state index contributed by atoms with van der Waals surface area (Å²) in [6.07, 6.45) is 5.19. The van der Waals surface area contributed by atoms with Gasteiger partial charge in [0, 0.05) is 23.5 Å². The maximum Gasteiger partial charge on any atom is 0.258 e. The molecule has 3 aromatic rings. The molecule has 6 heteroatoms. The van der Waals surface area contributed by atoms with Gasteiger partial charge in [-0.15, -0.1) is 0 Å². The Hall–Kier alpha value is -2.92. The molecule has 1 aliphatic heterocycles. The Labute approximate surface area is 136 Å². The van der Waals surface area contributed by atoms with Gasteiger partial charge >= 0.3 is 0 Å². The Morgan fingerprint density at radius 2 is 1.78 bits per heavy atom. The van der Waals surface area contributed by atoms with E-state index in [1.807, 2.05) is 0 Å². The first-order chi connectivity index (χ1) is 11.1. The average molecular weight is 324 g/mol. The van der Waals surface area contributed by atoms with E-state index in [1.165, 1.54) is 0 Å². The Bertz CT molecular complexity index is 1000. The van der Waals surface area contributed by atoms with Gasteiger partial charge in [-0.25, -0.2) is 4.98 Å². The summed E-state index contributed by atoms with van der Waals surface area (Å²) in [4.78, 5) is 28.5. The number of imidazole rings is 1. The number of halogens is 1. The summed E-state index contributed by atoms with van der Waals surface area (Å²) < 4.78 is 1.78. The molecule has 1 N–H and O–H groups in total. The van der Waals surface area contributed by atoms with Gasteiger partial charge < -0.3 is 4.40 Å². The molecule has 0 aliphatic carbocycles. The third-order valence-corrected chi connectivity index (χ3v) is 3.88. The zero-order valence-electron chi connectivity index (χ0n) is 11.8. The lowest BCUT2D eigenvalue weighted by Gasteiger charge is -2.17. The standard InChI is InChI=1S/C17H10ClN3O2/c18-10-5-6-15-19-11(9-21(15)8-10)7-14-12-3-1-2-4-13(12)16(22)20-17(14)23/h1-9H,(H,20,22,23)/b14-7-. The van der Waals surface area contributed by atoms with Crippen molar-refractivity contribution in [3.05, 3.63) is 70.6 Å². The minimum Gasteiger partial charge on any atom is -0.305 e. The number of benzene rings is 1. The average Bonchev–Trinajstić information content (AvgIpc) is 2.93. The van der Waals surface area contributed by atoms with E-state index in [0.717, 1.165) is 5.65 Å². The monoisotopic (exact) mass is 323 g/mol. The molecule has 0 unspecified atom stereocenters. The third kappa shape index (κ3) is 2.31. The highest BCUT2D eigenvalue weighted by atomic mass is 35.5. The second kappa shape index (κ2) is 5.07. The molecule has 1 aromatic carbocycles. The summed E-state index contributed by atoms with van der Waals surface area (Å²) in [7, 11) is 0. The highest BCUT2D eigenvalue weighted by Crippen LogP contribution is 2.26. The molecule has 0 fully saturated rings. The minimum atomic E-state index is -0.427. The molecule has 0 saturated carbocycles. The van der Waals surface area contributed by atoms with Crippen molar-refractivity contribution in [2.75, 3.05) is 0 Å². The summed E-state index contributed by atoms with van der Waals surface area (Å²) in [6.45, 7) is 0. The summed E-state index contributed by atoms with van der Waals surface area (Å²) in [5, 5.41) is 2.94. The van der Waals surface area contributed by atoms with Crippen LogP contribution in [0.1, 0.15) is 21.6 Å². The topological polar surface area (TPSA) is 63.5 Å². The lowest BCUT2D eigenvalue weighted by Crippen LogP contribution is -2.36. The van der Waals surface area contributed by atoms with E-state index in [2.05, 4.69) is 10.3 Å². The lowest BCUT2D eigenvalue weighted by molar-refractivity contribution is -0.114. The van der Waals surface area contributed by atoms with Gasteiger partial charge in [-0.3, -0.25) is 14.9 Å². The van der Waals surface area contributed by atoms with Crippen molar-refractivity contribution in [1.82, 2.24) is 14.7 Å². The van der Waals surface area contributed by atoms with Crippen LogP contribution < -0.4 is 5.32 Å². The van der Waals surface area contributed by atoms with Gasteiger partial charge in [0.25, 0.3) is 11.8 Å². The van der Waals surface area contributed by atoms with Gasteiger partial charge in [0.05, 0.1) is 16.3 Å². The Morgan fingerprint density at radius 1 is 1.00 bits per heavy atom. The van der Waals surface area contributed by atoms with Gasteiger partial charge in [-0.2, -0.15) is 0 Å². The Morgan fingerprint density at radius 3 is 2.61 bits per heavy atom. The molecule has 0 saturated heterocycles. The van der Waals surface area contributed by atoms with E-state index in [4.69, 9.17) is 11.6 Å². The van der Waals surface area contributed by atoms with Crippen LogP contribution in [0.2, 0.25) is 5.02 Å². The number of rotatable bonds is 1. The first kappa shape index (κ1) is 13.7. The number of pyridine rings is 1. The van der Waals surface area contributed by atoms with E-state index in [-0.39, 0.29) is 5.91 Å². The number of nitrogens with zero attached hydrogens (tertiary/aromatic N) is 2. The molecular weight excluding hydrogens is 314 g/mol. The number of hydrogen-bond acceptors (Lipinski definition) is 3. The summed E-state index contributed by atoms with van der Waals surface area (Å²) in [5.74, 6) is -0.812. The normalized spacial score (nSPS) is 15.8. The quantitative estimate of drug-likeness (QED) is 0.553. The van der Waals surface area contributed by atoms with Crippen molar-refractivity contribution < 1.29 is 9.59 Å². The van der Waals surface area contributed by atoms with Crippen LogP contribution in [0.25, 0.3) is 17.3 Å². The molecule has 1 aliphatic rings. The molecule has 112 valence electrons. The highest BCUT2D eigenvalue weighted by Gasteiger charge is 2.26. The predicted octanol–water partition coefficient (Wildman–Crippen LogP) is 2.80. The van der Waals surface area contributed by atoms with E-state index >= 15 is 0 Å². The van der Waals surface area contributed by atoms with Crippen LogP contribution in [0.3, 0.4) is 0 Å². The SMILES string of the molecule is O=C1NC(=O)c2ccccc2/C1=C/c1cn2cc(Cl)ccc2n1. The molecule has 0 spiro atoms. The van der Waals surface area contributed by atoms with Crippen molar-refractivity contribution in [3.63, 3.8) is 0 Å². The predicted molar refractivity (Wildman–Crippen MR) is 87.0 cm³/mol. The zero-order chi connectivity index (χ0) is 16.0. The molecule has 23 heavy (non-hydrogen) atoms. The van der Waals surface area contributed by atoms with Crippen LogP contribution in [0.4, 0.5) is 0 Å². The van der Waals surface area contributed by atoms with Crippen molar-refractivity contribution in [2.45, 2.75) is 0 Å². The van der Waals surface area contributed by atoms with Gasteiger partial charge in [0.15, 0.2) is 0 Å². The number of fused-ring (bicyclic) bond motifs is 2. The molecule has 0 radical (unpaired) electrons. The summed E-state index contributed by atoms with van der Waals surface area (Å²) in [6, 6.07) is 10.5. The molecule has 0 atom stereocenters. The van der Waals surface area contributed by atoms with Crippen molar-refractivity contribution in [2.24, 2.45) is 0 Å². The van der Waals surface area contributed by atoms with E-state index in [9.17, 15) is 9.59 Å². The third-order valence-electron chi connectivity index (χ3n) is 3.66. The second-order valence-electron chi connectivity index (χ2n) is 5.17. The van der Waals surface area contributed by atoms with Gasteiger partial charge in [-0.1, -0.05) is 29.8 Å². The van der Waals surface area contributed by atoms with Crippen LogP contribution in [0.15, 0.2) is 48.8 Å². The zero-order valence-corrected chi connectivity index (χ0v) is 12.5. The molecule has 2 aromatic heterocycles. The minimum absolute atomic E-state index is 0.385. The van der Waals surface area contributed by atoms with Crippen LogP contribution in [0, 0.1) is 0 Å². The molecular formula is C17H10ClN3O2. The number of hydrogen-bond donors (Lipinski definition) is 1. The molecule has 4 rings (SSSR count). The molecule has 2 amide bonds. The largest absolute Gasteiger partial charge is 0.305 e. The van der Waals surface area contributed by atoms with E-state index in [1.54, 1.807) is 59.3 Å². The fraction of sp³-hybridized carbons (Fsp3) is 0. The molecule has 5 nitrogen and oxygen atoms in total. The number of nitrogens with one attached hydrogen (secondary N) is 1. The summed E-state index contributed by atoms with van der Waals surface area (Å²) in [5.41, 5.74) is 2.83. The maximum absolute atomic E-state index is 12.2. The number of aromatic nitrogens is 2. The number of imide groups is 1. The first-order valence-electron chi connectivity index (χ1n) is 6.93. The Kier molecular flexibility index (Phi) is 3.02. The fourth-order valence-electron chi connectivity index (χ4n) is 2.62. The van der Waals surface area contributed by atoms with Crippen molar-refractivity contribution in [3.8, 4) is 0 Å². The smallest absolute Gasteiger partial charge is 0.258 e. The summed E-state index contributed by atoms with van der Waals surface area (Å²) >= 11 is 5.96. The van der Waals surface area contributed by atoms with E-state index in [0.29, 0.717) is 27.4 Å². The van der Waals surface area contributed by atoms with Crippen LogP contribution in [-0.2, 0) is 4.79 Å². The second-order valence-corrected chi connectivity index (χ2v) is 5.60. The highest BCUT2D eigenvalue weighted by molar-refractivity contribution is 6.33. The first-order valence-corrected chi connectivity index (χ1v) is 7.31. The van der Waals surface area contributed by atoms with Gasteiger partial charge in [0.2, 0.25) is 0 Å². The lowest BCUT2D eigenvalue weighted by atomic mass is 9.94. The van der Waals surface area contributed by atoms with Gasteiger partial charge in [0.1, 0.15) is 5.65 Å². The van der Waals surface area contributed by atoms with Crippen molar-refractivity contribution >= 4 is 40.7 Å². The number of carbonyl (C=O) groups excluding carboxylic acids is 2. The number of carbonyl (C=O) groups is 2. The van der Waals surface area contributed by atoms with E-state index < -0.39 is 5.91 Å². The van der Waals surface area contributed by atoms with Crippen LogP contribution >= 0.6 is 11.6 Å². The van der Waals surface area contributed by atoms with Crippen LogP contribution in [0.5, 0.6) is 0 Å².